The predicted molar refractivity (Wildman–Crippen MR) is 134 cm³/mol. The smallest absolute Gasteiger partial charge is 0.340 e. The van der Waals surface area contributed by atoms with Crippen LogP contribution in [-0.4, -0.2) is 70.2 Å². The third-order valence-electron chi connectivity index (χ3n) is 10.3. The fourth-order valence-electron chi connectivity index (χ4n) is 8.26. The number of nitrogens with zero attached hydrogens (tertiary/aromatic N) is 1. The Labute approximate surface area is 216 Å². The minimum absolute atomic E-state index is 0.117. The van der Waals surface area contributed by atoms with Crippen LogP contribution in [0.4, 0.5) is 4.39 Å². The van der Waals surface area contributed by atoms with Gasteiger partial charge in [0.05, 0.1) is 11.7 Å². The molecule has 37 heavy (non-hydrogen) atoms. The number of fused-ring (bicyclic) bond motifs is 5. The number of alkyl halides is 1. The van der Waals surface area contributed by atoms with Gasteiger partial charge in [-0.3, -0.25) is 9.59 Å². The Morgan fingerprint density at radius 3 is 2.68 bits per heavy atom. The highest BCUT2D eigenvalue weighted by molar-refractivity contribution is 6.01. The van der Waals surface area contributed by atoms with Gasteiger partial charge in [0.15, 0.2) is 18.1 Å². The van der Waals surface area contributed by atoms with Crippen molar-refractivity contribution in [1.29, 1.82) is 0 Å². The lowest BCUT2D eigenvalue weighted by molar-refractivity contribution is -0.219. The quantitative estimate of drug-likeness (QED) is 0.557. The highest BCUT2D eigenvalue weighted by Crippen LogP contribution is 2.70. The highest BCUT2D eigenvalue weighted by atomic mass is 19.1. The van der Waals surface area contributed by atoms with Crippen molar-refractivity contribution in [2.24, 2.45) is 28.6 Å². The second-order valence-electron chi connectivity index (χ2n) is 12.1. The molecule has 1 heterocycles. The summed E-state index contributed by atoms with van der Waals surface area (Å²) in [5.74, 6) is -2.96. The fourth-order valence-corrected chi connectivity index (χ4v) is 8.26. The van der Waals surface area contributed by atoms with Crippen LogP contribution < -0.4 is 0 Å². The van der Waals surface area contributed by atoms with Crippen molar-refractivity contribution < 1.29 is 33.7 Å². The van der Waals surface area contributed by atoms with E-state index >= 15 is 4.39 Å². The van der Waals surface area contributed by atoms with E-state index in [0.29, 0.717) is 37.0 Å². The Morgan fingerprint density at radius 2 is 1.97 bits per heavy atom. The van der Waals surface area contributed by atoms with Gasteiger partial charge in [0, 0.05) is 36.5 Å². The predicted octanol–water partition coefficient (Wildman–Crippen LogP) is 2.83. The Kier molecular flexibility index (Phi) is 5.96. The van der Waals surface area contributed by atoms with Crippen molar-refractivity contribution in [3.8, 4) is 0 Å². The van der Waals surface area contributed by atoms with E-state index in [9.17, 15) is 24.6 Å². The molecule has 0 aromatic heterocycles. The number of esters is 1. The van der Waals surface area contributed by atoms with E-state index in [0.717, 1.165) is 0 Å². The molecule has 2 N–H and O–H groups in total. The Balaban J connectivity index is 1.42. The first-order chi connectivity index (χ1) is 17.3. The number of aliphatic hydroxyl groups excluding tert-OH is 1. The number of rotatable bonds is 4. The maximum absolute atomic E-state index is 17.2. The van der Waals surface area contributed by atoms with Gasteiger partial charge in [-0.15, -0.1) is 0 Å². The average molecular weight is 514 g/mol. The summed E-state index contributed by atoms with van der Waals surface area (Å²) in [4.78, 5) is 39.9. The van der Waals surface area contributed by atoms with Crippen molar-refractivity contribution in [2.45, 2.75) is 63.8 Å². The molecule has 3 fully saturated rings. The molecule has 7 nitrogen and oxygen atoms in total. The topological polar surface area (TPSA) is 104 Å². The number of hydrogen-bond donors (Lipinski definition) is 2. The molecule has 4 aliphatic carbocycles. The molecule has 3 saturated carbocycles. The zero-order valence-corrected chi connectivity index (χ0v) is 21.9. The van der Waals surface area contributed by atoms with Crippen LogP contribution in [0.15, 0.2) is 47.7 Å². The molecule has 5 rings (SSSR count). The SMILES string of the molecule is C[C@@H]1C[C@H]2[C@@H]3CCC4=CC(=O)C=C[C@]4(C)[C@@]3(F)[C@@H](O)C[C@]2(C)[C@@]1(O)C(=O)COC(=O)C1=CN(C)CC=C1. The molecule has 0 spiro atoms. The van der Waals surface area contributed by atoms with Gasteiger partial charge in [0.1, 0.15) is 5.60 Å². The number of carbonyl (C=O) groups is 3. The van der Waals surface area contributed by atoms with Gasteiger partial charge < -0.3 is 19.8 Å². The van der Waals surface area contributed by atoms with E-state index in [4.69, 9.17) is 4.74 Å². The number of ketones is 2. The van der Waals surface area contributed by atoms with Crippen LogP contribution >= 0.6 is 0 Å². The summed E-state index contributed by atoms with van der Waals surface area (Å²) >= 11 is 0. The molecule has 0 unspecified atom stereocenters. The summed E-state index contributed by atoms with van der Waals surface area (Å²) in [7, 11) is 1.82. The van der Waals surface area contributed by atoms with Gasteiger partial charge in [-0.1, -0.05) is 31.6 Å². The van der Waals surface area contributed by atoms with E-state index in [1.807, 2.05) is 18.0 Å². The number of hydrogen-bond acceptors (Lipinski definition) is 7. The summed E-state index contributed by atoms with van der Waals surface area (Å²) < 4.78 is 22.5. The summed E-state index contributed by atoms with van der Waals surface area (Å²) in [6.07, 6.45) is 9.28. The van der Waals surface area contributed by atoms with Crippen LogP contribution in [0, 0.1) is 28.6 Å². The summed E-state index contributed by atoms with van der Waals surface area (Å²) in [5.41, 5.74) is -5.17. The van der Waals surface area contributed by atoms with Gasteiger partial charge in [0.2, 0.25) is 5.78 Å². The molecule has 1 aliphatic heterocycles. The van der Waals surface area contributed by atoms with Gasteiger partial charge >= 0.3 is 5.97 Å². The fraction of sp³-hybridized carbons (Fsp3) is 0.621. The minimum Gasteiger partial charge on any atom is -0.454 e. The second kappa shape index (κ2) is 8.46. The monoisotopic (exact) mass is 513 g/mol. The van der Waals surface area contributed by atoms with Gasteiger partial charge in [-0.25, -0.2) is 9.18 Å². The Morgan fingerprint density at radius 1 is 1.24 bits per heavy atom. The molecule has 0 radical (unpaired) electrons. The lowest BCUT2D eigenvalue weighted by atomic mass is 9.44. The third-order valence-corrected chi connectivity index (χ3v) is 10.3. The number of ether oxygens (including phenoxy) is 1. The molecule has 0 aromatic carbocycles. The van der Waals surface area contributed by atoms with E-state index in [1.54, 1.807) is 39.1 Å². The number of likely N-dealkylation sites (N-methyl/N-ethyl adjacent to an activating group) is 1. The molecule has 5 aliphatic rings. The molecule has 8 heteroatoms. The molecule has 0 amide bonds. The van der Waals surface area contributed by atoms with Crippen molar-refractivity contribution in [2.75, 3.05) is 20.2 Å². The lowest BCUT2D eigenvalue weighted by Gasteiger charge is -2.62. The number of carbonyl (C=O) groups excluding carboxylic acids is 3. The largest absolute Gasteiger partial charge is 0.454 e. The van der Waals surface area contributed by atoms with Crippen molar-refractivity contribution in [3.05, 3.63) is 47.7 Å². The first kappa shape index (κ1) is 26.0. The van der Waals surface area contributed by atoms with Gasteiger partial charge in [0.25, 0.3) is 0 Å². The van der Waals surface area contributed by atoms with Crippen LogP contribution in [0.5, 0.6) is 0 Å². The summed E-state index contributed by atoms with van der Waals surface area (Å²) in [6, 6.07) is 0. The number of aliphatic hydroxyl groups is 2. The van der Waals surface area contributed by atoms with Crippen LogP contribution in [-0.2, 0) is 19.1 Å². The standard InChI is InChI=1S/C29H36FNO6/c1-17-12-22-21-8-7-19-13-20(32)9-10-26(19,2)28(21,30)23(33)14-27(22,3)29(17,36)24(34)16-37-25(35)18-6-5-11-31(4)15-18/h5-6,9-10,13,15,17,21-23,33,36H,7-8,11-12,14,16H2,1-4H3/t17-,21+,22+,23+,26+,27+,28+,29+/m1/s1. The average Bonchev–Trinajstić information content (AvgIpc) is 3.05. The number of halogens is 1. The van der Waals surface area contributed by atoms with Crippen molar-refractivity contribution in [3.63, 3.8) is 0 Å². The highest BCUT2D eigenvalue weighted by Gasteiger charge is 2.75. The van der Waals surface area contributed by atoms with Gasteiger partial charge in [-0.2, -0.15) is 0 Å². The zero-order chi connectivity index (χ0) is 27.0. The summed E-state index contributed by atoms with van der Waals surface area (Å²) in [5, 5.41) is 23.4. The Hall–Kier alpha value is -2.58. The number of Topliss-reactive ketones (excluding diaryl/α,β-unsaturated/α-hetero) is 1. The maximum Gasteiger partial charge on any atom is 0.340 e. The molecule has 200 valence electrons. The van der Waals surface area contributed by atoms with E-state index in [-0.39, 0.29) is 18.1 Å². The lowest BCUT2D eigenvalue weighted by Crippen LogP contribution is -2.69. The molecule has 0 saturated heterocycles. The minimum atomic E-state index is -2.04. The summed E-state index contributed by atoms with van der Waals surface area (Å²) in [6.45, 7) is 5.33. The van der Waals surface area contributed by atoms with Crippen molar-refractivity contribution >= 4 is 17.5 Å². The normalized spacial score (nSPS) is 44.4. The van der Waals surface area contributed by atoms with E-state index in [1.165, 1.54) is 12.2 Å². The maximum atomic E-state index is 17.2. The Bertz CT molecular complexity index is 1170. The first-order valence-corrected chi connectivity index (χ1v) is 13.1. The van der Waals surface area contributed by atoms with Crippen LogP contribution in [0.2, 0.25) is 0 Å². The first-order valence-electron chi connectivity index (χ1n) is 13.1. The van der Waals surface area contributed by atoms with Gasteiger partial charge in [-0.05, 0) is 62.7 Å². The number of allylic oxidation sites excluding steroid dienone is 4. The molecule has 8 atom stereocenters. The second-order valence-corrected chi connectivity index (χ2v) is 12.1. The zero-order valence-electron chi connectivity index (χ0n) is 21.9. The van der Waals surface area contributed by atoms with Crippen molar-refractivity contribution in [1.82, 2.24) is 4.90 Å². The molecular weight excluding hydrogens is 477 g/mol. The molecule has 0 bridgehead atoms. The van der Waals surface area contributed by atoms with E-state index < -0.39 is 58.4 Å². The van der Waals surface area contributed by atoms with E-state index in [2.05, 4.69) is 0 Å². The third kappa shape index (κ3) is 3.41. The van der Waals surface area contributed by atoms with Crippen LogP contribution in [0.3, 0.4) is 0 Å². The van der Waals surface area contributed by atoms with Crippen LogP contribution in [0.25, 0.3) is 0 Å². The molecular formula is C29H36FNO6. The van der Waals surface area contributed by atoms with Crippen LogP contribution in [0.1, 0.15) is 46.5 Å². The molecule has 0 aromatic rings.